The molecule has 0 spiro atoms. The maximum atomic E-state index is 5.20. The molecule has 0 aliphatic rings. The Morgan fingerprint density at radius 3 is 2.85 bits per heavy atom. The number of hydrogen-bond donors (Lipinski definition) is 1. The quantitative estimate of drug-likeness (QED) is 0.538. The lowest BCUT2D eigenvalue weighted by Crippen LogP contribution is -2.06. The summed E-state index contributed by atoms with van der Waals surface area (Å²) in [6.45, 7) is 2.61. The summed E-state index contributed by atoms with van der Waals surface area (Å²) < 4.78 is 7.36. The summed E-state index contributed by atoms with van der Waals surface area (Å²) in [6.07, 6.45) is 3.60. The Kier molecular flexibility index (Phi) is 4.35. The fraction of sp³-hybridized carbons (Fsp3) is 0.263. The predicted octanol–water partition coefficient (Wildman–Crippen LogP) is 3.37. The fourth-order valence-corrected chi connectivity index (χ4v) is 2.96. The molecule has 132 valence electrons. The van der Waals surface area contributed by atoms with Crippen LogP contribution in [0.1, 0.15) is 18.1 Å². The zero-order valence-electron chi connectivity index (χ0n) is 14.8. The van der Waals surface area contributed by atoms with Gasteiger partial charge in [-0.3, -0.25) is 0 Å². The van der Waals surface area contributed by atoms with Gasteiger partial charge in [0.25, 0.3) is 5.89 Å². The highest BCUT2D eigenvalue weighted by atomic mass is 16.5. The summed E-state index contributed by atoms with van der Waals surface area (Å²) in [6, 6.07) is 12.0. The van der Waals surface area contributed by atoms with Crippen molar-refractivity contribution in [3.05, 3.63) is 54.2 Å². The van der Waals surface area contributed by atoms with E-state index in [2.05, 4.69) is 38.1 Å². The third-order valence-corrected chi connectivity index (χ3v) is 4.30. The molecule has 0 atom stereocenters. The van der Waals surface area contributed by atoms with Crippen LogP contribution < -0.4 is 5.32 Å². The van der Waals surface area contributed by atoms with Crippen LogP contribution in [0.2, 0.25) is 0 Å². The van der Waals surface area contributed by atoms with Crippen molar-refractivity contribution < 1.29 is 4.52 Å². The lowest BCUT2D eigenvalue weighted by Gasteiger charge is -2.06. The summed E-state index contributed by atoms with van der Waals surface area (Å²) in [5.41, 5.74) is 3.07. The van der Waals surface area contributed by atoms with E-state index in [9.17, 15) is 0 Å². The number of fused-ring (bicyclic) bond motifs is 1. The van der Waals surface area contributed by atoms with E-state index in [4.69, 9.17) is 9.51 Å². The first-order valence-corrected chi connectivity index (χ1v) is 8.61. The molecule has 0 aliphatic heterocycles. The minimum atomic E-state index is 0.507. The minimum absolute atomic E-state index is 0.507. The largest absolute Gasteiger partial charge is 0.370 e. The van der Waals surface area contributed by atoms with Crippen molar-refractivity contribution in [2.24, 2.45) is 7.05 Å². The summed E-state index contributed by atoms with van der Waals surface area (Å²) in [5.74, 6) is 3.01. The monoisotopic (exact) mass is 348 g/mol. The van der Waals surface area contributed by atoms with Crippen LogP contribution in [0.15, 0.2) is 47.1 Å². The van der Waals surface area contributed by atoms with E-state index in [-0.39, 0.29) is 0 Å². The number of nitrogens with one attached hydrogen (secondary N) is 1. The number of anilines is 1. The maximum Gasteiger partial charge on any atom is 0.258 e. The molecule has 26 heavy (non-hydrogen) atoms. The smallest absolute Gasteiger partial charge is 0.258 e. The van der Waals surface area contributed by atoms with Gasteiger partial charge in [0.2, 0.25) is 0 Å². The average Bonchev–Trinajstić information content (AvgIpc) is 3.23. The first kappa shape index (κ1) is 16.3. The van der Waals surface area contributed by atoms with E-state index in [1.54, 1.807) is 13.1 Å². The van der Waals surface area contributed by atoms with Gasteiger partial charge in [0.15, 0.2) is 5.82 Å². The van der Waals surface area contributed by atoms with Gasteiger partial charge in [-0.05, 0) is 37.6 Å². The summed E-state index contributed by atoms with van der Waals surface area (Å²) >= 11 is 0. The van der Waals surface area contributed by atoms with Gasteiger partial charge in [0, 0.05) is 31.8 Å². The number of nitrogens with zero attached hydrogens (tertiary/aromatic N) is 5. The first-order valence-electron chi connectivity index (χ1n) is 8.61. The maximum absolute atomic E-state index is 5.20. The van der Waals surface area contributed by atoms with Crippen LogP contribution in [0.5, 0.6) is 0 Å². The Morgan fingerprint density at radius 2 is 2.04 bits per heavy atom. The molecular formula is C19H20N6O. The molecule has 0 amide bonds. The van der Waals surface area contributed by atoms with Crippen molar-refractivity contribution >= 4 is 16.9 Å². The lowest BCUT2D eigenvalue weighted by molar-refractivity contribution is 0.425. The van der Waals surface area contributed by atoms with Crippen LogP contribution in [0, 0.1) is 6.92 Å². The summed E-state index contributed by atoms with van der Waals surface area (Å²) in [7, 11) is 2.06. The van der Waals surface area contributed by atoms with Crippen molar-refractivity contribution in [2.75, 3.05) is 11.9 Å². The number of pyridine rings is 1. The van der Waals surface area contributed by atoms with E-state index < -0.39 is 0 Å². The minimum Gasteiger partial charge on any atom is -0.370 e. The molecule has 3 aromatic heterocycles. The van der Waals surface area contributed by atoms with Crippen molar-refractivity contribution in [2.45, 2.75) is 19.8 Å². The van der Waals surface area contributed by atoms with E-state index in [1.807, 2.05) is 30.3 Å². The van der Waals surface area contributed by atoms with Crippen LogP contribution in [0.25, 0.3) is 22.5 Å². The third-order valence-electron chi connectivity index (χ3n) is 4.30. The Hall–Kier alpha value is -3.22. The van der Waals surface area contributed by atoms with Gasteiger partial charge in [0.1, 0.15) is 11.6 Å². The molecule has 0 aliphatic carbocycles. The van der Waals surface area contributed by atoms with Crippen molar-refractivity contribution in [1.29, 1.82) is 0 Å². The van der Waals surface area contributed by atoms with Crippen LogP contribution in [-0.2, 0) is 13.5 Å². The topological polar surface area (TPSA) is 81.7 Å². The molecule has 0 unspecified atom stereocenters. The Bertz CT molecular complexity index is 1040. The Balaban J connectivity index is 1.37. The number of benzene rings is 1. The van der Waals surface area contributed by atoms with Gasteiger partial charge in [-0.2, -0.15) is 4.98 Å². The third kappa shape index (κ3) is 3.28. The number of rotatable bonds is 6. The van der Waals surface area contributed by atoms with E-state index >= 15 is 0 Å². The molecule has 7 nitrogen and oxygen atoms in total. The van der Waals surface area contributed by atoms with Gasteiger partial charge in [0.05, 0.1) is 11.0 Å². The molecule has 3 heterocycles. The average molecular weight is 348 g/mol. The molecule has 0 bridgehead atoms. The first-order chi connectivity index (χ1) is 12.7. The second-order valence-electron chi connectivity index (χ2n) is 6.18. The highest BCUT2D eigenvalue weighted by Crippen LogP contribution is 2.19. The summed E-state index contributed by atoms with van der Waals surface area (Å²) in [4.78, 5) is 13.3. The van der Waals surface area contributed by atoms with E-state index in [0.29, 0.717) is 11.7 Å². The highest BCUT2D eigenvalue weighted by molar-refractivity contribution is 5.75. The summed E-state index contributed by atoms with van der Waals surface area (Å²) in [5, 5.41) is 7.17. The lowest BCUT2D eigenvalue weighted by atomic mass is 10.2. The molecule has 1 N–H and O–H groups in total. The fourth-order valence-electron chi connectivity index (χ4n) is 2.96. The molecule has 0 saturated heterocycles. The van der Waals surface area contributed by atoms with Gasteiger partial charge in [-0.1, -0.05) is 17.3 Å². The molecule has 0 saturated carbocycles. The molecule has 4 rings (SSSR count). The number of aromatic nitrogens is 5. The van der Waals surface area contributed by atoms with Crippen LogP contribution in [0.4, 0.5) is 5.82 Å². The number of hydrogen-bond acceptors (Lipinski definition) is 6. The Morgan fingerprint density at radius 1 is 1.15 bits per heavy atom. The second kappa shape index (κ2) is 6.95. The van der Waals surface area contributed by atoms with Crippen molar-refractivity contribution in [1.82, 2.24) is 24.7 Å². The van der Waals surface area contributed by atoms with Gasteiger partial charge in [-0.25, -0.2) is 9.97 Å². The second-order valence-corrected chi connectivity index (χ2v) is 6.18. The molecule has 7 heteroatoms. The Labute approximate surface area is 151 Å². The molecular weight excluding hydrogens is 328 g/mol. The van der Waals surface area contributed by atoms with Gasteiger partial charge >= 0.3 is 0 Å². The van der Waals surface area contributed by atoms with Crippen molar-refractivity contribution in [3.8, 4) is 11.5 Å². The van der Waals surface area contributed by atoms with E-state index in [1.165, 1.54) is 5.52 Å². The van der Waals surface area contributed by atoms with Gasteiger partial charge in [-0.15, -0.1) is 0 Å². The number of aryl methyl sites for hydroxylation is 3. The van der Waals surface area contributed by atoms with Crippen LogP contribution in [-0.4, -0.2) is 31.2 Å². The molecule has 4 aromatic rings. The highest BCUT2D eigenvalue weighted by Gasteiger charge is 2.08. The van der Waals surface area contributed by atoms with Crippen LogP contribution in [0.3, 0.4) is 0 Å². The molecule has 0 radical (unpaired) electrons. The number of imidazole rings is 1. The van der Waals surface area contributed by atoms with Crippen molar-refractivity contribution in [3.63, 3.8) is 0 Å². The standard InChI is InChI=1S/C19H20N6O/c1-13-22-19(26-24-13)14-9-11-21-17(12-14)20-10-5-8-18-23-15-6-3-4-7-16(15)25(18)2/h3-4,6-7,9,11-12H,5,8,10H2,1-2H3,(H,20,21). The van der Waals surface area contributed by atoms with Crippen LogP contribution >= 0.6 is 0 Å². The molecule has 1 aromatic carbocycles. The normalized spacial score (nSPS) is 11.2. The zero-order chi connectivity index (χ0) is 17.9. The van der Waals surface area contributed by atoms with Gasteiger partial charge < -0.3 is 14.4 Å². The SMILES string of the molecule is Cc1noc(-c2ccnc(NCCCc3nc4ccccc4n3C)c2)n1. The van der Waals surface area contributed by atoms with E-state index in [0.717, 1.165) is 42.1 Å². The number of para-hydroxylation sites is 2. The predicted molar refractivity (Wildman–Crippen MR) is 99.8 cm³/mol. The zero-order valence-corrected chi connectivity index (χ0v) is 14.8. The molecule has 0 fully saturated rings.